The number of hydrogen-bond donors (Lipinski definition) is 14. The molecule has 0 aromatic rings. The number of carbonyl (C=O) groups excluding carboxylic acids is 1. The molecule has 0 spiro atoms. The van der Waals surface area contributed by atoms with Crippen molar-refractivity contribution in [3.8, 4) is 0 Å². The van der Waals surface area contributed by atoms with Crippen LogP contribution < -0.4 is 0 Å². The van der Waals surface area contributed by atoms with Crippen LogP contribution in [0.2, 0.25) is 0 Å². The monoisotopic (exact) mass is 875 g/mol. The van der Waals surface area contributed by atoms with Crippen LogP contribution in [0.4, 0.5) is 0 Å². The van der Waals surface area contributed by atoms with Crippen molar-refractivity contribution in [3.63, 3.8) is 0 Å². The van der Waals surface area contributed by atoms with E-state index in [0.29, 0.717) is 0 Å². The van der Waals surface area contributed by atoms with Crippen LogP contribution in [-0.2, 0) is 42.7 Å². The minimum absolute atomic E-state index is 0.00865. The van der Waals surface area contributed by atoms with Crippen LogP contribution in [0.3, 0.4) is 0 Å². The molecule has 0 amide bonds. The zero-order valence-corrected chi connectivity index (χ0v) is 32.5. The summed E-state index contributed by atoms with van der Waals surface area (Å²) < 4.78 is 45.2. The summed E-state index contributed by atoms with van der Waals surface area (Å²) in [5.41, 5.74) is 0. The largest absolute Gasteiger partial charge is 0.481 e. The minimum Gasteiger partial charge on any atom is -0.481 e. The molecule has 0 radical (unpaired) electrons. The van der Waals surface area contributed by atoms with Crippen molar-refractivity contribution < 1.29 is 119 Å². The standard InChI is InChI=1S/C36H58O24/c1-10-23(44)27(48)30(51)34(54-10)60-33-29(50)25(46)19(8-37)58-36(33)57-18-6-13-14(38)4-12(5-17(13)56-32(18)11-2-15(39)24(45)16(40)3-11)55-35-31(52)28(49)26(47)20(59-35)9-53-22(43)7-21(41)42/h10-20,23-40,44-52H,2-9H2,1H3,(H,41,42)/p+1/t10-,11?,12?,13?,14?,15?,16?,17?,18?,19+,20+,23-,24?,25+,26+,27+,28-,29-,30+,31+,32?,33+,34-,35+,36+/m0/s1. The van der Waals surface area contributed by atoms with Crippen molar-refractivity contribution in [2.75, 3.05) is 13.2 Å². The van der Waals surface area contributed by atoms with Gasteiger partial charge in [-0.2, -0.15) is 0 Å². The second-order valence-corrected chi connectivity index (χ2v) is 16.7. The van der Waals surface area contributed by atoms with E-state index in [0.717, 1.165) is 0 Å². The Labute approximate surface area is 342 Å². The molecule has 6 fully saturated rings. The first-order chi connectivity index (χ1) is 28.3. The van der Waals surface area contributed by atoms with Crippen molar-refractivity contribution in [2.45, 2.75) is 186 Å². The van der Waals surface area contributed by atoms with Gasteiger partial charge in [-0.05, 0) is 26.2 Å². The van der Waals surface area contributed by atoms with Gasteiger partial charge in [-0.15, -0.1) is 0 Å². The first-order valence-corrected chi connectivity index (χ1v) is 20.1. The minimum atomic E-state index is -1.85. The Morgan fingerprint density at radius 3 is 1.85 bits per heavy atom. The Morgan fingerprint density at radius 2 is 1.22 bits per heavy atom. The summed E-state index contributed by atoms with van der Waals surface area (Å²) in [4.78, 5) is 22.6. The van der Waals surface area contributed by atoms with Crippen LogP contribution in [0, 0.1) is 11.8 Å². The molecule has 0 aromatic carbocycles. The number of esters is 1. The third-order valence-electron chi connectivity index (χ3n) is 12.5. The molecule has 60 heavy (non-hydrogen) atoms. The van der Waals surface area contributed by atoms with Gasteiger partial charge in [-0.25, -0.2) is 0 Å². The molecule has 346 valence electrons. The summed E-state index contributed by atoms with van der Waals surface area (Å²) in [6, 6.07) is 0. The molecule has 6 rings (SSSR count). The Kier molecular flexibility index (Phi) is 15.8. The molecule has 24 nitrogen and oxygen atoms in total. The number of aliphatic hydroxyl groups is 15. The van der Waals surface area contributed by atoms with Gasteiger partial charge in [0.1, 0.15) is 92.4 Å². The number of carboxylic acids is 1. The number of carboxylic acid groups (broad SMARTS) is 1. The van der Waals surface area contributed by atoms with Crippen molar-refractivity contribution in [1.29, 1.82) is 0 Å². The average Bonchev–Trinajstić information content (AvgIpc) is 3.19. The Morgan fingerprint density at radius 1 is 0.617 bits per heavy atom. The number of aliphatic carboxylic acids is 1. The molecule has 2 aliphatic carbocycles. The van der Waals surface area contributed by atoms with Crippen LogP contribution in [0.15, 0.2) is 0 Å². The number of fused-ring (bicyclic) bond motifs is 1. The van der Waals surface area contributed by atoms with Gasteiger partial charge >= 0.3 is 11.9 Å². The molecule has 15 N–H and O–H groups in total. The maximum atomic E-state index is 11.8. The zero-order valence-electron chi connectivity index (χ0n) is 32.5. The van der Waals surface area contributed by atoms with E-state index in [4.69, 9.17) is 43.0 Å². The predicted octanol–water partition coefficient (Wildman–Crippen LogP) is -7.83. The van der Waals surface area contributed by atoms with Gasteiger partial charge in [0.15, 0.2) is 31.1 Å². The van der Waals surface area contributed by atoms with E-state index >= 15 is 0 Å². The SMILES string of the molecule is C[C@@H]1O[C@@H](O[C@H]2[C@H](OC3CC4C(O)CC(O[C@@H]5O[C@H](COC(=O)CC(=O)O)[C@@H](O)[C@H](O)[C@H]5O)CC4[OH+]C3C3CC(O)C(O)C(O)C3)O[C@H](CO)[C@@H](O)[C@@H]2O)[C@H](O)[C@H](O)[C@H]1O. The van der Waals surface area contributed by atoms with Crippen LogP contribution in [-0.4, -0.2) is 242 Å². The van der Waals surface area contributed by atoms with Crippen LogP contribution >= 0.6 is 0 Å². The number of hydrogen-bond acceptors (Lipinski definition) is 22. The van der Waals surface area contributed by atoms with E-state index in [1.54, 1.807) is 0 Å². The third-order valence-corrected chi connectivity index (χ3v) is 12.5. The number of rotatable bonds is 12. The molecule has 0 aromatic heterocycles. The first-order valence-electron chi connectivity index (χ1n) is 20.1. The highest BCUT2D eigenvalue weighted by Crippen LogP contribution is 2.44. The lowest BCUT2D eigenvalue weighted by molar-refractivity contribution is -0.387. The summed E-state index contributed by atoms with van der Waals surface area (Å²) in [5, 5.41) is 147. The molecule has 6 aliphatic rings. The van der Waals surface area contributed by atoms with Gasteiger partial charge in [-0.3, -0.25) is 9.59 Å². The second kappa shape index (κ2) is 19.9. The fourth-order valence-corrected chi connectivity index (χ4v) is 9.12. The molecule has 2 saturated carbocycles. The molecule has 4 heterocycles. The van der Waals surface area contributed by atoms with E-state index in [1.165, 1.54) is 6.92 Å². The fourth-order valence-electron chi connectivity index (χ4n) is 9.12. The maximum Gasteiger partial charge on any atom is 0.317 e. The van der Waals surface area contributed by atoms with Crippen molar-refractivity contribution in [2.24, 2.45) is 11.8 Å². The smallest absolute Gasteiger partial charge is 0.317 e. The predicted molar refractivity (Wildman–Crippen MR) is 189 cm³/mol. The first kappa shape index (κ1) is 47.6. The van der Waals surface area contributed by atoms with Crippen molar-refractivity contribution >= 4 is 11.9 Å². The summed E-state index contributed by atoms with van der Waals surface area (Å²) in [5.74, 6) is -3.96. The quantitative estimate of drug-likeness (QED) is 0.0492. The average molecular weight is 876 g/mol. The topological polar surface area (TPSA) is 395 Å². The maximum absolute atomic E-state index is 11.8. The molecular weight excluding hydrogens is 816 g/mol. The van der Waals surface area contributed by atoms with E-state index in [9.17, 15) is 76.0 Å². The van der Waals surface area contributed by atoms with Crippen LogP contribution in [0.5, 0.6) is 0 Å². The zero-order chi connectivity index (χ0) is 43.9. The molecule has 23 atom stereocenters. The highest BCUT2D eigenvalue weighted by atomic mass is 16.8. The van der Waals surface area contributed by atoms with Crippen LogP contribution in [0.1, 0.15) is 45.4 Å². The second-order valence-electron chi connectivity index (χ2n) is 16.7. The molecule has 0 bridgehead atoms. The highest BCUT2D eigenvalue weighted by molar-refractivity contribution is 5.90. The van der Waals surface area contributed by atoms with Gasteiger partial charge < -0.3 is 109 Å². The van der Waals surface area contributed by atoms with E-state index in [2.05, 4.69) is 0 Å². The van der Waals surface area contributed by atoms with Crippen molar-refractivity contribution in [1.82, 2.24) is 0 Å². The lowest BCUT2D eigenvalue weighted by atomic mass is 9.72. The number of carbonyl (C=O) groups is 2. The number of ether oxygens (including phenoxy) is 8. The Balaban J connectivity index is 1.20. The molecule has 4 aliphatic heterocycles. The molecular formula is C36H59O24+. The molecule has 8 unspecified atom stereocenters. The fraction of sp³-hybridized carbons (Fsp3) is 0.944. The molecule has 4 saturated heterocycles. The normalized spacial score (nSPS) is 51.3. The Hall–Kier alpha value is -1.86. The summed E-state index contributed by atoms with van der Waals surface area (Å²) in [6.07, 6.45) is -34.8. The third kappa shape index (κ3) is 10.2. The van der Waals surface area contributed by atoms with Gasteiger partial charge in [0.25, 0.3) is 0 Å². The van der Waals surface area contributed by atoms with Crippen LogP contribution in [0.25, 0.3) is 0 Å². The summed E-state index contributed by atoms with van der Waals surface area (Å²) >= 11 is 0. The lowest BCUT2D eigenvalue weighted by Gasteiger charge is -2.50. The van der Waals surface area contributed by atoms with Gasteiger partial charge in [-0.1, -0.05) is 0 Å². The number of aliphatic hydroxyl groups excluding tert-OH is 13. The van der Waals surface area contributed by atoms with Gasteiger partial charge in [0.2, 0.25) is 0 Å². The van der Waals surface area contributed by atoms with Gasteiger partial charge in [0, 0.05) is 18.8 Å². The van der Waals surface area contributed by atoms with Crippen molar-refractivity contribution in [3.05, 3.63) is 0 Å². The Bertz CT molecular complexity index is 1420. The lowest BCUT2D eigenvalue weighted by Crippen LogP contribution is -2.66. The highest BCUT2D eigenvalue weighted by Gasteiger charge is 2.58. The summed E-state index contributed by atoms with van der Waals surface area (Å²) in [7, 11) is 0. The van der Waals surface area contributed by atoms with E-state index in [-0.39, 0.29) is 32.1 Å². The summed E-state index contributed by atoms with van der Waals surface area (Å²) in [6.45, 7) is -0.0801. The molecule has 24 heteroatoms. The van der Waals surface area contributed by atoms with E-state index < -0.39 is 184 Å². The van der Waals surface area contributed by atoms with Gasteiger partial charge in [0.05, 0.1) is 43.0 Å². The van der Waals surface area contributed by atoms with E-state index in [1.807, 2.05) is 0 Å².